The molecular weight excluding hydrogens is 242 g/mol. The molecule has 1 aromatic rings. The van der Waals surface area contributed by atoms with Gasteiger partial charge in [-0.25, -0.2) is 0 Å². The third-order valence-corrected chi connectivity index (χ3v) is 3.67. The van der Waals surface area contributed by atoms with E-state index in [9.17, 15) is 9.59 Å². The van der Waals surface area contributed by atoms with E-state index in [2.05, 4.69) is 24.3 Å². The number of imide groups is 1. The van der Waals surface area contributed by atoms with Crippen LogP contribution < -0.4 is 5.32 Å². The molecule has 2 rings (SSSR count). The molecule has 1 aliphatic heterocycles. The molecule has 1 saturated heterocycles. The molecule has 2 amide bonds. The predicted molar refractivity (Wildman–Crippen MR) is 71.4 cm³/mol. The van der Waals surface area contributed by atoms with Gasteiger partial charge in [0.25, 0.3) is 0 Å². The van der Waals surface area contributed by atoms with Gasteiger partial charge in [0.05, 0.1) is 5.69 Å². The molecule has 0 radical (unpaired) electrons. The summed E-state index contributed by atoms with van der Waals surface area (Å²) in [6, 6.07) is 0. The summed E-state index contributed by atoms with van der Waals surface area (Å²) in [5, 5.41) is 6.78. The summed E-state index contributed by atoms with van der Waals surface area (Å²) in [5.74, 6) is -0.0853. The van der Waals surface area contributed by atoms with E-state index in [1.54, 1.807) is 4.68 Å². The number of aromatic nitrogens is 2. The van der Waals surface area contributed by atoms with Crippen LogP contribution in [0.15, 0.2) is 6.20 Å². The zero-order valence-electron chi connectivity index (χ0n) is 11.9. The first-order valence-electron chi connectivity index (χ1n) is 6.72. The number of carbonyl (C=O) groups excluding carboxylic acids is 2. The predicted octanol–water partition coefficient (Wildman–Crippen LogP) is 1.52. The normalized spacial score (nSPS) is 23.8. The van der Waals surface area contributed by atoms with Gasteiger partial charge in [0.1, 0.15) is 0 Å². The van der Waals surface area contributed by atoms with E-state index < -0.39 is 0 Å². The minimum Gasteiger partial charge on any atom is -0.296 e. The second-order valence-electron chi connectivity index (χ2n) is 5.80. The highest BCUT2D eigenvalue weighted by Gasteiger charge is 2.38. The Bertz CT molecular complexity index is 505. The number of hydrogen-bond acceptors (Lipinski definition) is 3. The number of amides is 2. The molecule has 0 spiro atoms. The highest BCUT2D eigenvalue weighted by atomic mass is 16.2. The van der Waals surface area contributed by atoms with Crippen molar-refractivity contribution in [2.45, 2.75) is 39.5 Å². The van der Waals surface area contributed by atoms with Crippen LogP contribution in [0.25, 0.3) is 0 Å². The summed E-state index contributed by atoms with van der Waals surface area (Å²) in [6.07, 6.45) is 3.09. The van der Waals surface area contributed by atoms with Gasteiger partial charge in [-0.15, -0.1) is 0 Å². The molecule has 1 aliphatic rings. The maximum atomic E-state index is 12.1. The van der Waals surface area contributed by atoms with Crippen molar-refractivity contribution in [3.63, 3.8) is 0 Å². The molecule has 0 bridgehead atoms. The van der Waals surface area contributed by atoms with Crippen molar-refractivity contribution in [3.8, 4) is 0 Å². The highest BCUT2D eigenvalue weighted by molar-refractivity contribution is 5.99. The number of piperidine rings is 1. The van der Waals surface area contributed by atoms with Gasteiger partial charge in [-0.05, 0) is 24.8 Å². The monoisotopic (exact) mass is 263 g/mol. The molecule has 5 nitrogen and oxygen atoms in total. The van der Waals surface area contributed by atoms with Gasteiger partial charge in [0.2, 0.25) is 11.8 Å². The number of nitrogens with zero attached hydrogens (tertiary/aromatic N) is 2. The molecule has 0 aliphatic carbocycles. The lowest BCUT2D eigenvalue weighted by Crippen LogP contribution is -2.45. The fraction of sp³-hybridized carbons (Fsp3) is 0.643. The van der Waals surface area contributed by atoms with Gasteiger partial charge in [0, 0.05) is 31.5 Å². The molecule has 5 heteroatoms. The van der Waals surface area contributed by atoms with Crippen LogP contribution in [0.2, 0.25) is 0 Å². The van der Waals surface area contributed by atoms with E-state index in [-0.39, 0.29) is 23.7 Å². The van der Waals surface area contributed by atoms with Gasteiger partial charge in [-0.3, -0.25) is 19.6 Å². The van der Waals surface area contributed by atoms with E-state index in [0.717, 1.165) is 17.7 Å². The zero-order chi connectivity index (χ0) is 14.2. The summed E-state index contributed by atoms with van der Waals surface area (Å²) < 4.78 is 1.74. The lowest BCUT2D eigenvalue weighted by atomic mass is 9.76. The maximum Gasteiger partial charge on any atom is 0.230 e. The molecule has 1 fully saturated rings. The molecule has 19 heavy (non-hydrogen) atoms. The van der Waals surface area contributed by atoms with Crippen LogP contribution in [0.1, 0.15) is 43.9 Å². The summed E-state index contributed by atoms with van der Waals surface area (Å²) >= 11 is 0. The Labute approximate surface area is 113 Å². The summed E-state index contributed by atoms with van der Waals surface area (Å²) in [6.45, 7) is 6.12. The lowest BCUT2D eigenvalue weighted by Gasteiger charge is -2.31. The molecule has 104 valence electrons. The number of nitrogens with one attached hydrogen (secondary N) is 1. The van der Waals surface area contributed by atoms with Crippen molar-refractivity contribution in [2.75, 3.05) is 0 Å². The standard InChI is InChI=1S/C14H21N3O2/c1-8(2)5-11-10(6-13(18)15-14(11)19)12-7-17(4)16-9(12)3/h7-8,10-11H,5-6H2,1-4H3,(H,15,18,19). The van der Waals surface area contributed by atoms with Crippen LogP contribution in [0.3, 0.4) is 0 Å². The molecule has 1 aromatic heterocycles. The van der Waals surface area contributed by atoms with Crippen molar-refractivity contribution >= 4 is 11.8 Å². The Balaban J connectivity index is 2.34. The maximum absolute atomic E-state index is 12.1. The Hall–Kier alpha value is -1.65. The number of rotatable bonds is 3. The zero-order valence-corrected chi connectivity index (χ0v) is 11.9. The first-order chi connectivity index (χ1) is 8.88. The van der Waals surface area contributed by atoms with E-state index in [0.29, 0.717) is 12.3 Å². The van der Waals surface area contributed by atoms with Gasteiger partial charge in [-0.1, -0.05) is 13.8 Å². The molecular formula is C14H21N3O2. The van der Waals surface area contributed by atoms with Crippen LogP contribution in [0, 0.1) is 18.8 Å². The SMILES string of the molecule is Cc1nn(C)cc1C1CC(=O)NC(=O)C1CC(C)C. The fourth-order valence-electron chi connectivity index (χ4n) is 2.89. The van der Waals surface area contributed by atoms with Gasteiger partial charge in [0.15, 0.2) is 0 Å². The van der Waals surface area contributed by atoms with Crippen molar-refractivity contribution in [3.05, 3.63) is 17.5 Å². The van der Waals surface area contributed by atoms with Crippen LogP contribution >= 0.6 is 0 Å². The Morgan fingerprint density at radius 2 is 2.16 bits per heavy atom. The topological polar surface area (TPSA) is 64.0 Å². The molecule has 2 atom stereocenters. The van der Waals surface area contributed by atoms with Gasteiger partial charge >= 0.3 is 0 Å². The quantitative estimate of drug-likeness (QED) is 0.841. The minimum absolute atomic E-state index is 0.0441. The second kappa shape index (κ2) is 5.15. The van der Waals surface area contributed by atoms with Crippen molar-refractivity contribution < 1.29 is 9.59 Å². The van der Waals surface area contributed by atoms with Crippen LogP contribution in [-0.2, 0) is 16.6 Å². The Kier molecular flexibility index (Phi) is 3.73. The number of carbonyl (C=O) groups is 2. The third kappa shape index (κ3) is 2.85. The molecule has 2 unspecified atom stereocenters. The summed E-state index contributed by atoms with van der Waals surface area (Å²) in [5.41, 5.74) is 1.93. The van der Waals surface area contributed by atoms with Crippen molar-refractivity contribution in [1.82, 2.24) is 15.1 Å². The Morgan fingerprint density at radius 1 is 1.47 bits per heavy atom. The third-order valence-electron chi connectivity index (χ3n) is 3.67. The molecule has 1 N–H and O–H groups in total. The van der Waals surface area contributed by atoms with E-state index in [1.807, 2.05) is 20.2 Å². The smallest absolute Gasteiger partial charge is 0.230 e. The van der Waals surface area contributed by atoms with Gasteiger partial charge in [-0.2, -0.15) is 5.10 Å². The average molecular weight is 263 g/mol. The van der Waals surface area contributed by atoms with E-state index in [4.69, 9.17) is 0 Å². The van der Waals surface area contributed by atoms with E-state index >= 15 is 0 Å². The van der Waals surface area contributed by atoms with Crippen LogP contribution in [-0.4, -0.2) is 21.6 Å². The van der Waals surface area contributed by atoms with Crippen molar-refractivity contribution in [1.29, 1.82) is 0 Å². The van der Waals surface area contributed by atoms with Crippen LogP contribution in [0.4, 0.5) is 0 Å². The molecule has 0 aromatic carbocycles. The Morgan fingerprint density at radius 3 is 2.68 bits per heavy atom. The second-order valence-corrected chi connectivity index (χ2v) is 5.80. The summed E-state index contributed by atoms with van der Waals surface area (Å²) in [4.78, 5) is 23.7. The molecule has 0 saturated carbocycles. The number of aryl methyl sites for hydroxylation is 2. The first kappa shape index (κ1) is 13.8. The van der Waals surface area contributed by atoms with E-state index in [1.165, 1.54) is 0 Å². The van der Waals surface area contributed by atoms with Gasteiger partial charge < -0.3 is 0 Å². The lowest BCUT2D eigenvalue weighted by molar-refractivity contribution is -0.137. The summed E-state index contributed by atoms with van der Waals surface area (Å²) in [7, 11) is 1.86. The average Bonchev–Trinajstić information content (AvgIpc) is 2.61. The van der Waals surface area contributed by atoms with Crippen LogP contribution in [0.5, 0.6) is 0 Å². The molecule has 2 heterocycles. The largest absolute Gasteiger partial charge is 0.296 e. The minimum atomic E-state index is -0.182. The number of hydrogen-bond donors (Lipinski definition) is 1. The first-order valence-corrected chi connectivity index (χ1v) is 6.72. The van der Waals surface area contributed by atoms with Crippen molar-refractivity contribution in [2.24, 2.45) is 18.9 Å². The fourth-order valence-corrected chi connectivity index (χ4v) is 2.89. The highest BCUT2D eigenvalue weighted by Crippen LogP contribution is 2.36.